The third-order valence-corrected chi connectivity index (χ3v) is 2.50. The number of nitrogens with zero attached hydrogens (tertiary/aromatic N) is 1. The Kier molecular flexibility index (Phi) is 3.05. The summed E-state index contributed by atoms with van der Waals surface area (Å²) in [6.45, 7) is 0. The molecule has 0 aliphatic heterocycles. The van der Waals surface area contributed by atoms with Crippen molar-refractivity contribution in [3.63, 3.8) is 0 Å². The normalized spacial score (nSPS) is 10.0. The van der Waals surface area contributed by atoms with Crippen LogP contribution in [-0.2, 0) is 0 Å². The van der Waals surface area contributed by atoms with Crippen LogP contribution in [0.4, 0.5) is 11.4 Å². The van der Waals surface area contributed by atoms with Gasteiger partial charge in [-0.2, -0.15) is 0 Å². The molecule has 0 saturated carbocycles. The van der Waals surface area contributed by atoms with Crippen molar-refractivity contribution in [2.75, 3.05) is 5.73 Å². The lowest BCUT2D eigenvalue weighted by Crippen LogP contribution is -2.06. The maximum atomic E-state index is 12.2. The number of nitro groups is 1. The molecule has 2 rings (SSSR count). The molecule has 2 N–H and O–H groups in total. The Balaban J connectivity index is 2.54. The third kappa shape index (κ3) is 2.20. The number of ketones is 1. The van der Waals surface area contributed by atoms with Crippen LogP contribution in [0.3, 0.4) is 0 Å². The van der Waals surface area contributed by atoms with Gasteiger partial charge in [0.25, 0.3) is 5.69 Å². The standard InChI is InChI=1S/C13H10N2O3/c14-10-6-7-12(15(17)18)11(8-10)13(16)9-4-2-1-3-5-9/h1-8H,14H2. The molecule has 0 aromatic heterocycles. The molecule has 0 aliphatic carbocycles. The second kappa shape index (κ2) is 4.67. The van der Waals surface area contributed by atoms with Crippen molar-refractivity contribution in [1.82, 2.24) is 0 Å². The van der Waals surface area contributed by atoms with Crippen molar-refractivity contribution in [3.8, 4) is 0 Å². The predicted octanol–water partition coefficient (Wildman–Crippen LogP) is 2.41. The van der Waals surface area contributed by atoms with E-state index in [0.29, 0.717) is 11.3 Å². The number of nitrogen functional groups attached to an aromatic ring is 1. The molecule has 90 valence electrons. The minimum Gasteiger partial charge on any atom is -0.399 e. The van der Waals surface area contributed by atoms with Crippen molar-refractivity contribution in [3.05, 3.63) is 69.8 Å². The van der Waals surface area contributed by atoms with Crippen molar-refractivity contribution < 1.29 is 9.72 Å². The van der Waals surface area contributed by atoms with Gasteiger partial charge in [0, 0.05) is 17.3 Å². The van der Waals surface area contributed by atoms with Gasteiger partial charge in [0.15, 0.2) is 5.78 Å². The summed E-state index contributed by atoms with van der Waals surface area (Å²) in [5, 5.41) is 10.9. The van der Waals surface area contributed by atoms with E-state index in [9.17, 15) is 14.9 Å². The number of nitrogens with two attached hydrogens (primary N) is 1. The highest BCUT2D eigenvalue weighted by Gasteiger charge is 2.21. The van der Waals surface area contributed by atoms with Gasteiger partial charge < -0.3 is 5.73 Å². The predicted molar refractivity (Wildman–Crippen MR) is 67.4 cm³/mol. The van der Waals surface area contributed by atoms with Crippen LogP contribution < -0.4 is 5.73 Å². The van der Waals surface area contributed by atoms with Gasteiger partial charge in [-0.15, -0.1) is 0 Å². The third-order valence-electron chi connectivity index (χ3n) is 2.50. The van der Waals surface area contributed by atoms with E-state index < -0.39 is 10.7 Å². The van der Waals surface area contributed by atoms with Gasteiger partial charge in [-0.3, -0.25) is 14.9 Å². The number of anilines is 1. The number of carbonyl (C=O) groups excluding carboxylic acids is 1. The number of hydrogen-bond donors (Lipinski definition) is 1. The first-order chi connectivity index (χ1) is 8.59. The van der Waals surface area contributed by atoms with E-state index in [4.69, 9.17) is 5.73 Å². The summed E-state index contributed by atoms with van der Waals surface area (Å²) in [6, 6.07) is 12.4. The SMILES string of the molecule is Nc1ccc([N+](=O)[O-])c(C(=O)c2ccccc2)c1. The summed E-state index contributed by atoms with van der Waals surface area (Å²) >= 11 is 0. The lowest BCUT2D eigenvalue weighted by atomic mass is 10.0. The lowest BCUT2D eigenvalue weighted by Gasteiger charge is -2.03. The van der Waals surface area contributed by atoms with Gasteiger partial charge in [-0.25, -0.2) is 0 Å². The van der Waals surface area contributed by atoms with Gasteiger partial charge in [-0.1, -0.05) is 30.3 Å². The monoisotopic (exact) mass is 242 g/mol. The van der Waals surface area contributed by atoms with Gasteiger partial charge >= 0.3 is 0 Å². The molecule has 2 aromatic rings. The molecule has 0 radical (unpaired) electrons. The van der Waals surface area contributed by atoms with E-state index in [0.717, 1.165) is 0 Å². The average molecular weight is 242 g/mol. The van der Waals surface area contributed by atoms with Crippen LogP contribution in [0.15, 0.2) is 48.5 Å². The maximum Gasteiger partial charge on any atom is 0.280 e. The molecular formula is C13H10N2O3. The molecule has 0 saturated heterocycles. The summed E-state index contributed by atoms with van der Waals surface area (Å²) in [4.78, 5) is 22.5. The first-order valence-corrected chi connectivity index (χ1v) is 5.23. The maximum absolute atomic E-state index is 12.2. The van der Waals surface area contributed by atoms with E-state index in [1.54, 1.807) is 30.3 Å². The first kappa shape index (κ1) is 11.8. The minimum atomic E-state index is -0.588. The van der Waals surface area contributed by atoms with Crippen LogP contribution >= 0.6 is 0 Å². The van der Waals surface area contributed by atoms with E-state index in [1.165, 1.54) is 18.2 Å². The Morgan fingerprint density at radius 2 is 1.78 bits per heavy atom. The largest absolute Gasteiger partial charge is 0.399 e. The zero-order chi connectivity index (χ0) is 13.1. The van der Waals surface area contributed by atoms with Crippen molar-refractivity contribution >= 4 is 17.2 Å². The molecule has 2 aromatic carbocycles. The minimum absolute atomic E-state index is 0.00574. The second-order valence-corrected chi connectivity index (χ2v) is 3.73. The summed E-state index contributed by atoms with van der Waals surface area (Å²) in [5.41, 5.74) is 6.05. The van der Waals surface area contributed by atoms with Crippen LogP contribution in [0.1, 0.15) is 15.9 Å². The number of benzene rings is 2. The molecule has 0 amide bonds. The number of rotatable bonds is 3. The Hall–Kier alpha value is -2.69. The van der Waals surface area contributed by atoms with Crippen LogP contribution in [0.5, 0.6) is 0 Å². The van der Waals surface area contributed by atoms with E-state index in [1.807, 2.05) is 0 Å². The van der Waals surface area contributed by atoms with Crippen LogP contribution in [0, 0.1) is 10.1 Å². The molecule has 0 bridgehead atoms. The molecule has 5 heteroatoms. The fourth-order valence-corrected chi connectivity index (χ4v) is 1.64. The molecule has 0 heterocycles. The zero-order valence-electron chi connectivity index (χ0n) is 9.37. The number of hydrogen-bond acceptors (Lipinski definition) is 4. The van der Waals surface area contributed by atoms with Crippen molar-refractivity contribution in [1.29, 1.82) is 0 Å². The fraction of sp³-hybridized carbons (Fsp3) is 0. The number of nitro benzene ring substituents is 1. The van der Waals surface area contributed by atoms with E-state index >= 15 is 0 Å². The summed E-state index contributed by atoms with van der Waals surface area (Å²) in [6.07, 6.45) is 0. The van der Waals surface area contributed by atoms with Gasteiger partial charge in [0.1, 0.15) is 5.56 Å². The average Bonchev–Trinajstić information content (AvgIpc) is 2.38. The molecular weight excluding hydrogens is 232 g/mol. The van der Waals surface area contributed by atoms with Crippen LogP contribution in [0.2, 0.25) is 0 Å². The highest BCUT2D eigenvalue weighted by molar-refractivity contribution is 6.11. The second-order valence-electron chi connectivity index (χ2n) is 3.73. The highest BCUT2D eigenvalue weighted by Crippen LogP contribution is 2.23. The lowest BCUT2D eigenvalue weighted by molar-refractivity contribution is -0.385. The summed E-state index contributed by atoms with van der Waals surface area (Å²) in [5.74, 6) is -0.408. The first-order valence-electron chi connectivity index (χ1n) is 5.23. The summed E-state index contributed by atoms with van der Waals surface area (Å²) < 4.78 is 0. The Labute approximate surface area is 103 Å². The van der Waals surface area contributed by atoms with E-state index in [2.05, 4.69) is 0 Å². The molecule has 0 atom stereocenters. The van der Waals surface area contributed by atoms with Gasteiger partial charge in [-0.05, 0) is 12.1 Å². The topological polar surface area (TPSA) is 86.2 Å². The Morgan fingerprint density at radius 3 is 2.39 bits per heavy atom. The number of carbonyl (C=O) groups is 1. The smallest absolute Gasteiger partial charge is 0.280 e. The van der Waals surface area contributed by atoms with Crippen molar-refractivity contribution in [2.45, 2.75) is 0 Å². The highest BCUT2D eigenvalue weighted by atomic mass is 16.6. The quantitative estimate of drug-likeness (QED) is 0.387. The van der Waals surface area contributed by atoms with Gasteiger partial charge in [0.05, 0.1) is 4.92 Å². The molecule has 18 heavy (non-hydrogen) atoms. The Morgan fingerprint density at radius 1 is 1.11 bits per heavy atom. The zero-order valence-corrected chi connectivity index (χ0v) is 9.37. The van der Waals surface area contributed by atoms with Crippen LogP contribution in [-0.4, -0.2) is 10.7 Å². The fourth-order valence-electron chi connectivity index (χ4n) is 1.64. The van der Waals surface area contributed by atoms with Crippen LogP contribution in [0.25, 0.3) is 0 Å². The van der Waals surface area contributed by atoms with E-state index in [-0.39, 0.29) is 11.3 Å². The molecule has 5 nitrogen and oxygen atoms in total. The Bertz CT molecular complexity index is 609. The molecule has 0 fully saturated rings. The molecule has 0 unspecified atom stereocenters. The molecule has 0 aliphatic rings. The summed E-state index contributed by atoms with van der Waals surface area (Å²) in [7, 11) is 0. The molecule has 0 spiro atoms. The van der Waals surface area contributed by atoms with Gasteiger partial charge in [0.2, 0.25) is 0 Å². The van der Waals surface area contributed by atoms with Crippen molar-refractivity contribution in [2.24, 2.45) is 0 Å².